The van der Waals surface area contributed by atoms with E-state index >= 15 is 0 Å². The number of nitrogens with two attached hydrogens (primary N) is 1. The number of rotatable bonds is 3. The van der Waals surface area contributed by atoms with E-state index < -0.39 is 0 Å². The third-order valence-corrected chi connectivity index (χ3v) is 3.45. The molecule has 0 saturated heterocycles. The van der Waals surface area contributed by atoms with Crippen molar-refractivity contribution < 1.29 is 4.79 Å². The second kappa shape index (κ2) is 5.63. The summed E-state index contributed by atoms with van der Waals surface area (Å²) in [5, 5.41) is 3.75. The molecule has 0 amide bonds. The number of ketones is 1. The normalized spacial score (nSPS) is 10.3. The molecule has 0 aliphatic carbocycles. The van der Waals surface area contributed by atoms with Gasteiger partial charge in [0.25, 0.3) is 0 Å². The van der Waals surface area contributed by atoms with Gasteiger partial charge in [-0.2, -0.15) is 0 Å². The predicted molar refractivity (Wildman–Crippen MR) is 83.3 cm³/mol. The first kappa shape index (κ1) is 13.9. The highest BCUT2D eigenvalue weighted by molar-refractivity contribution is 9.10. The molecule has 0 fully saturated rings. The summed E-state index contributed by atoms with van der Waals surface area (Å²) < 4.78 is 0.907. The third kappa shape index (κ3) is 3.28. The first-order valence-electron chi connectivity index (χ1n) is 5.60. The van der Waals surface area contributed by atoms with Crippen molar-refractivity contribution in [2.24, 2.45) is 0 Å². The Morgan fingerprint density at radius 3 is 2.63 bits per heavy atom. The van der Waals surface area contributed by atoms with Gasteiger partial charge in [0.2, 0.25) is 0 Å². The summed E-state index contributed by atoms with van der Waals surface area (Å²) in [5.74, 6) is -0.0666. The van der Waals surface area contributed by atoms with Gasteiger partial charge >= 0.3 is 0 Å². The molecule has 0 radical (unpaired) electrons. The average Bonchev–Trinajstić information content (AvgIpc) is 2.34. The highest BCUT2D eigenvalue weighted by atomic mass is 79.9. The monoisotopic (exact) mass is 338 g/mol. The molecule has 0 aliphatic rings. The Labute approximate surface area is 124 Å². The summed E-state index contributed by atoms with van der Waals surface area (Å²) in [4.78, 5) is 11.4. The van der Waals surface area contributed by atoms with Gasteiger partial charge in [0.05, 0.1) is 10.7 Å². The van der Waals surface area contributed by atoms with Crippen LogP contribution < -0.4 is 11.1 Å². The van der Waals surface area contributed by atoms with Crippen molar-refractivity contribution in [1.82, 2.24) is 0 Å². The van der Waals surface area contributed by atoms with Gasteiger partial charge in [-0.05, 0) is 43.3 Å². The van der Waals surface area contributed by atoms with Gasteiger partial charge in [0.1, 0.15) is 0 Å². The van der Waals surface area contributed by atoms with Crippen LogP contribution >= 0.6 is 27.5 Å². The molecule has 2 aromatic carbocycles. The van der Waals surface area contributed by atoms with E-state index in [4.69, 9.17) is 17.3 Å². The maximum absolute atomic E-state index is 11.4. The number of anilines is 3. The number of carbonyl (C=O) groups excluding carboxylic acids is 1. The fourth-order valence-electron chi connectivity index (χ4n) is 1.69. The SMILES string of the molecule is CC(=O)c1cc(Nc2ccc(Br)cc2Cl)ccc1N. The van der Waals surface area contributed by atoms with Gasteiger partial charge in [-0.3, -0.25) is 4.79 Å². The van der Waals surface area contributed by atoms with Crippen LogP contribution in [0.4, 0.5) is 17.1 Å². The third-order valence-electron chi connectivity index (χ3n) is 2.64. The molecule has 0 aliphatic heterocycles. The molecule has 0 saturated carbocycles. The first-order valence-corrected chi connectivity index (χ1v) is 6.77. The molecule has 0 bridgehead atoms. The summed E-state index contributed by atoms with van der Waals surface area (Å²) in [6, 6.07) is 10.8. The molecule has 0 unspecified atom stereocenters. The Balaban J connectivity index is 2.33. The van der Waals surface area contributed by atoms with Gasteiger partial charge in [-0.1, -0.05) is 27.5 Å². The molecule has 5 heteroatoms. The molecule has 2 aromatic rings. The lowest BCUT2D eigenvalue weighted by Crippen LogP contribution is -2.01. The van der Waals surface area contributed by atoms with Gasteiger partial charge in [-0.15, -0.1) is 0 Å². The number of benzene rings is 2. The lowest BCUT2D eigenvalue weighted by Gasteiger charge is -2.11. The van der Waals surface area contributed by atoms with Crippen molar-refractivity contribution in [3.63, 3.8) is 0 Å². The lowest BCUT2D eigenvalue weighted by atomic mass is 10.1. The Morgan fingerprint density at radius 2 is 2.00 bits per heavy atom. The van der Waals surface area contributed by atoms with Crippen LogP contribution in [0, 0.1) is 0 Å². The zero-order valence-corrected chi connectivity index (χ0v) is 12.5. The number of hydrogen-bond acceptors (Lipinski definition) is 3. The number of hydrogen-bond donors (Lipinski definition) is 2. The van der Waals surface area contributed by atoms with E-state index in [2.05, 4.69) is 21.2 Å². The van der Waals surface area contributed by atoms with E-state index in [0.717, 1.165) is 15.8 Å². The van der Waals surface area contributed by atoms with Crippen LogP contribution in [-0.4, -0.2) is 5.78 Å². The Morgan fingerprint density at radius 1 is 1.26 bits per heavy atom. The minimum atomic E-state index is -0.0666. The van der Waals surface area contributed by atoms with Crippen LogP contribution in [0.3, 0.4) is 0 Å². The van der Waals surface area contributed by atoms with Crippen LogP contribution in [0.15, 0.2) is 40.9 Å². The van der Waals surface area contributed by atoms with Crippen LogP contribution in [0.1, 0.15) is 17.3 Å². The van der Waals surface area contributed by atoms with Gasteiger partial charge in [-0.25, -0.2) is 0 Å². The van der Waals surface area contributed by atoms with E-state index in [1.54, 1.807) is 24.3 Å². The van der Waals surface area contributed by atoms with Crippen molar-refractivity contribution in [3.8, 4) is 0 Å². The second-order valence-corrected chi connectivity index (χ2v) is 5.43. The van der Waals surface area contributed by atoms with E-state index in [0.29, 0.717) is 16.3 Å². The highest BCUT2D eigenvalue weighted by Crippen LogP contribution is 2.29. The fraction of sp³-hybridized carbons (Fsp3) is 0.0714. The van der Waals surface area contributed by atoms with Crippen molar-refractivity contribution in [2.45, 2.75) is 6.92 Å². The molecule has 0 spiro atoms. The number of nitrogens with one attached hydrogen (secondary N) is 1. The van der Waals surface area contributed by atoms with Crippen molar-refractivity contribution in [1.29, 1.82) is 0 Å². The number of Topliss-reactive ketones (excluding diaryl/α,β-unsaturated/α-hetero) is 1. The van der Waals surface area contributed by atoms with E-state index in [-0.39, 0.29) is 5.78 Å². The molecule has 0 heterocycles. The van der Waals surface area contributed by atoms with Crippen molar-refractivity contribution >= 4 is 50.4 Å². The van der Waals surface area contributed by atoms with Crippen LogP contribution in [0.2, 0.25) is 5.02 Å². The van der Waals surface area contributed by atoms with Crippen molar-refractivity contribution in [2.75, 3.05) is 11.1 Å². The minimum absolute atomic E-state index is 0.0666. The molecular formula is C14H12BrClN2O. The average molecular weight is 340 g/mol. The number of nitrogen functional groups attached to an aromatic ring is 1. The summed E-state index contributed by atoms with van der Waals surface area (Å²) in [6.07, 6.45) is 0. The van der Waals surface area contributed by atoms with E-state index in [1.165, 1.54) is 6.92 Å². The Bertz CT molecular complexity index is 643. The van der Waals surface area contributed by atoms with Gasteiger partial charge in [0.15, 0.2) is 5.78 Å². The summed E-state index contributed by atoms with van der Waals surface area (Å²) in [7, 11) is 0. The summed E-state index contributed by atoms with van der Waals surface area (Å²) in [6.45, 7) is 1.49. The molecule has 19 heavy (non-hydrogen) atoms. The maximum atomic E-state index is 11.4. The predicted octanol–water partition coefficient (Wildman–Crippen LogP) is 4.63. The minimum Gasteiger partial charge on any atom is -0.398 e. The highest BCUT2D eigenvalue weighted by Gasteiger charge is 2.07. The largest absolute Gasteiger partial charge is 0.398 e. The summed E-state index contributed by atoms with van der Waals surface area (Å²) in [5.41, 5.74) is 8.26. The fourth-order valence-corrected chi connectivity index (χ4v) is 2.41. The molecule has 98 valence electrons. The van der Waals surface area contributed by atoms with Crippen LogP contribution in [0.25, 0.3) is 0 Å². The topological polar surface area (TPSA) is 55.1 Å². The first-order chi connectivity index (χ1) is 8.97. The number of carbonyl (C=O) groups is 1. The number of halogens is 2. The molecule has 3 N–H and O–H groups in total. The second-order valence-electron chi connectivity index (χ2n) is 4.11. The lowest BCUT2D eigenvalue weighted by molar-refractivity contribution is 0.101. The Hall–Kier alpha value is -1.52. The molecule has 0 atom stereocenters. The maximum Gasteiger partial charge on any atom is 0.161 e. The van der Waals surface area contributed by atoms with E-state index in [1.807, 2.05) is 12.1 Å². The molecule has 0 aromatic heterocycles. The molecule has 2 rings (SSSR count). The quantitative estimate of drug-likeness (QED) is 0.633. The van der Waals surface area contributed by atoms with Gasteiger partial charge < -0.3 is 11.1 Å². The zero-order valence-electron chi connectivity index (χ0n) is 10.2. The van der Waals surface area contributed by atoms with Gasteiger partial charge in [0, 0.05) is 21.4 Å². The standard InChI is InChI=1S/C14H12BrClN2O/c1-8(19)11-7-10(3-4-13(11)17)18-14-5-2-9(15)6-12(14)16/h2-7,18H,17H2,1H3. The smallest absolute Gasteiger partial charge is 0.161 e. The Kier molecular flexibility index (Phi) is 4.12. The van der Waals surface area contributed by atoms with E-state index in [9.17, 15) is 4.79 Å². The summed E-state index contributed by atoms with van der Waals surface area (Å²) >= 11 is 9.48. The molecular weight excluding hydrogens is 328 g/mol. The zero-order chi connectivity index (χ0) is 14.0. The van der Waals surface area contributed by atoms with Crippen LogP contribution in [-0.2, 0) is 0 Å². The van der Waals surface area contributed by atoms with Crippen molar-refractivity contribution in [3.05, 3.63) is 51.5 Å². The van der Waals surface area contributed by atoms with Crippen LogP contribution in [0.5, 0.6) is 0 Å². The molecule has 3 nitrogen and oxygen atoms in total.